The molecule has 2 heterocycles. The topological polar surface area (TPSA) is 52.7 Å². The molecule has 0 aromatic carbocycles. The van der Waals surface area contributed by atoms with Gasteiger partial charge >= 0.3 is 0 Å². The van der Waals surface area contributed by atoms with Gasteiger partial charge in [-0.15, -0.1) is 0 Å². The molecule has 0 aliphatic carbocycles. The van der Waals surface area contributed by atoms with Crippen LogP contribution in [-0.2, 0) is 20.0 Å². The zero-order valence-corrected chi connectivity index (χ0v) is 13.2. The van der Waals surface area contributed by atoms with Gasteiger partial charge in [0.25, 0.3) is 0 Å². The van der Waals surface area contributed by atoms with E-state index in [2.05, 4.69) is 32.9 Å². The van der Waals surface area contributed by atoms with Crippen molar-refractivity contribution in [3.8, 4) is 0 Å². The summed E-state index contributed by atoms with van der Waals surface area (Å²) in [5, 5.41) is 4.47. The number of hydrogen-bond donors (Lipinski definition) is 0. The smallest absolute Gasteiger partial charge is 0.179 e. The fourth-order valence-corrected chi connectivity index (χ4v) is 2.73. The van der Waals surface area contributed by atoms with Gasteiger partial charge in [0.05, 0.1) is 22.4 Å². The van der Waals surface area contributed by atoms with Crippen molar-refractivity contribution in [1.29, 1.82) is 0 Å². The number of carbonyl (C=O) groups is 1. The number of hydrogen-bond acceptors (Lipinski definition) is 3. The molecule has 19 heavy (non-hydrogen) atoms. The van der Waals surface area contributed by atoms with E-state index in [1.165, 1.54) is 6.92 Å². The molecule has 6 heteroatoms. The van der Waals surface area contributed by atoms with Crippen LogP contribution in [0.15, 0.2) is 10.7 Å². The second-order valence-electron chi connectivity index (χ2n) is 4.54. The highest BCUT2D eigenvalue weighted by molar-refractivity contribution is 9.10. The van der Waals surface area contributed by atoms with Crippen molar-refractivity contribution < 1.29 is 4.79 Å². The molecule has 102 valence electrons. The summed E-state index contributed by atoms with van der Waals surface area (Å²) < 4.78 is 4.88. The van der Waals surface area contributed by atoms with E-state index in [4.69, 9.17) is 0 Å². The van der Waals surface area contributed by atoms with Crippen molar-refractivity contribution in [3.63, 3.8) is 0 Å². The molecule has 0 spiro atoms. The highest BCUT2D eigenvalue weighted by Crippen LogP contribution is 2.23. The minimum absolute atomic E-state index is 0.0137. The predicted octanol–water partition coefficient (Wildman–Crippen LogP) is 2.50. The molecule has 0 saturated heterocycles. The average molecular weight is 325 g/mol. The number of imidazole rings is 1. The van der Waals surface area contributed by atoms with Crippen LogP contribution >= 0.6 is 15.9 Å². The second kappa shape index (κ2) is 5.28. The quantitative estimate of drug-likeness (QED) is 0.812. The van der Waals surface area contributed by atoms with Crippen LogP contribution in [0.3, 0.4) is 0 Å². The molecule has 0 unspecified atom stereocenters. The Balaban J connectivity index is 2.36. The molecule has 5 nitrogen and oxygen atoms in total. The Hall–Kier alpha value is -1.43. The largest absolute Gasteiger partial charge is 0.328 e. The van der Waals surface area contributed by atoms with Crippen molar-refractivity contribution in [3.05, 3.63) is 33.6 Å². The van der Waals surface area contributed by atoms with Crippen LogP contribution in [0.2, 0.25) is 0 Å². The maximum absolute atomic E-state index is 11.3. The Labute approximate surface area is 120 Å². The van der Waals surface area contributed by atoms with Crippen molar-refractivity contribution in [2.24, 2.45) is 7.05 Å². The molecule has 2 aromatic heterocycles. The maximum Gasteiger partial charge on any atom is 0.179 e. The van der Waals surface area contributed by atoms with E-state index >= 15 is 0 Å². The predicted molar refractivity (Wildman–Crippen MR) is 76.4 cm³/mol. The third-order valence-corrected chi connectivity index (χ3v) is 4.08. The Kier molecular flexibility index (Phi) is 3.89. The minimum Gasteiger partial charge on any atom is -0.328 e. The summed E-state index contributed by atoms with van der Waals surface area (Å²) in [5.74, 6) is 0.816. The number of aromatic nitrogens is 4. The van der Waals surface area contributed by atoms with Gasteiger partial charge in [-0.1, -0.05) is 6.92 Å². The highest BCUT2D eigenvalue weighted by atomic mass is 79.9. The lowest BCUT2D eigenvalue weighted by atomic mass is 10.3. The Morgan fingerprint density at radius 3 is 2.63 bits per heavy atom. The zero-order valence-electron chi connectivity index (χ0n) is 11.6. The molecule has 0 aliphatic heterocycles. The molecule has 0 fully saturated rings. The fraction of sp³-hybridized carbons (Fsp3) is 0.462. The molecule has 2 aromatic rings. The number of carbonyl (C=O) groups excluding carboxylic acids is 1. The van der Waals surface area contributed by atoms with Gasteiger partial charge in [-0.25, -0.2) is 4.98 Å². The van der Waals surface area contributed by atoms with Crippen molar-refractivity contribution in [1.82, 2.24) is 19.3 Å². The molecule has 0 N–H and O–H groups in total. The van der Waals surface area contributed by atoms with Gasteiger partial charge < -0.3 is 4.57 Å². The third kappa shape index (κ3) is 2.63. The van der Waals surface area contributed by atoms with Gasteiger partial charge in [-0.3, -0.25) is 9.48 Å². The van der Waals surface area contributed by atoms with Gasteiger partial charge in [-0.05, 0) is 29.3 Å². The van der Waals surface area contributed by atoms with Crippen molar-refractivity contribution in [2.75, 3.05) is 0 Å². The first-order chi connectivity index (χ1) is 8.93. The van der Waals surface area contributed by atoms with E-state index in [0.717, 1.165) is 28.1 Å². The van der Waals surface area contributed by atoms with Crippen LogP contribution < -0.4 is 0 Å². The van der Waals surface area contributed by atoms with E-state index < -0.39 is 0 Å². The van der Waals surface area contributed by atoms with Gasteiger partial charge in [0.2, 0.25) is 0 Å². The van der Waals surface area contributed by atoms with Gasteiger partial charge in [0.1, 0.15) is 11.5 Å². The summed E-state index contributed by atoms with van der Waals surface area (Å²) in [6.45, 7) is 6.15. The number of Topliss-reactive ketones (excluding diaryl/α,β-unsaturated/α-hetero) is 1. The molecule has 0 radical (unpaired) electrons. The van der Waals surface area contributed by atoms with Crippen LogP contribution in [0.25, 0.3) is 0 Å². The Morgan fingerprint density at radius 1 is 1.47 bits per heavy atom. The maximum atomic E-state index is 11.3. The first kappa shape index (κ1) is 14.0. The summed E-state index contributed by atoms with van der Waals surface area (Å²) in [4.78, 5) is 15.6. The number of nitrogens with zero attached hydrogens (tertiary/aromatic N) is 4. The molecular formula is C13H17BrN4O. The lowest BCUT2D eigenvalue weighted by Crippen LogP contribution is -2.06. The SMILES string of the molecule is CCc1nn(C)c(Cn2cc(C(C)=O)nc2C)c1Br. The normalized spacial score (nSPS) is 11.0. The molecule has 0 bridgehead atoms. The van der Waals surface area contributed by atoms with Crippen LogP contribution in [0.5, 0.6) is 0 Å². The van der Waals surface area contributed by atoms with Crippen LogP contribution in [0.4, 0.5) is 0 Å². The molecule has 0 amide bonds. The van der Waals surface area contributed by atoms with Gasteiger partial charge in [-0.2, -0.15) is 5.10 Å². The lowest BCUT2D eigenvalue weighted by Gasteiger charge is -2.06. The Morgan fingerprint density at radius 2 is 2.16 bits per heavy atom. The molecule has 0 aliphatic rings. The summed E-state index contributed by atoms with van der Waals surface area (Å²) in [6, 6.07) is 0. The molecule has 0 saturated carbocycles. The fourth-order valence-electron chi connectivity index (χ4n) is 1.99. The molecule has 2 rings (SSSR count). The van der Waals surface area contributed by atoms with Crippen LogP contribution in [0, 0.1) is 6.92 Å². The molecular weight excluding hydrogens is 308 g/mol. The number of ketones is 1. The summed E-state index contributed by atoms with van der Waals surface area (Å²) in [6.07, 6.45) is 2.68. The highest BCUT2D eigenvalue weighted by Gasteiger charge is 2.15. The lowest BCUT2D eigenvalue weighted by molar-refractivity contribution is 0.101. The number of aryl methyl sites for hydroxylation is 3. The van der Waals surface area contributed by atoms with Gasteiger partial charge in [0, 0.05) is 20.2 Å². The van der Waals surface area contributed by atoms with E-state index in [9.17, 15) is 4.79 Å². The third-order valence-electron chi connectivity index (χ3n) is 3.16. The minimum atomic E-state index is -0.0137. The van der Waals surface area contributed by atoms with Crippen molar-refractivity contribution >= 4 is 21.7 Å². The first-order valence-electron chi connectivity index (χ1n) is 6.19. The number of halogens is 1. The Bertz CT molecular complexity index is 627. The van der Waals surface area contributed by atoms with Crippen LogP contribution in [0.1, 0.15) is 41.5 Å². The molecule has 0 atom stereocenters. The average Bonchev–Trinajstić information content (AvgIpc) is 2.85. The first-order valence-corrected chi connectivity index (χ1v) is 6.98. The monoisotopic (exact) mass is 324 g/mol. The summed E-state index contributed by atoms with van der Waals surface area (Å²) in [5.41, 5.74) is 2.63. The van der Waals surface area contributed by atoms with E-state index in [1.807, 2.05) is 23.2 Å². The zero-order chi connectivity index (χ0) is 14.2. The van der Waals surface area contributed by atoms with E-state index in [1.54, 1.807) is 6.20 Å². The standard InChI is InChI=1S/C13H17BrN4O/c1-5-10-13(14)12(17(4)16-10)7-18-6-11(8(2)19)15-9(18)3/h6H,5,7H2,1-4H3. The second-order valence-corrected chi connectivity index (χ2v) is 5.33. The number of rotatable bonds is 4. The summed E-state index contributed by atoms with van der Waals surface area (Å²) >= 11 is 3.60. The van der Waals surface area contributed by atoms with Gasteiger partial charge in [0.15, 0.2) is 5.78 Å². The van der Waals surface area contributed by atoms with E-state index in [0.29, 0.717) is 12.2 Å². The van der Waals surface area contributed by atoms with Crippen molar-refractivity contribution in [2.45, 2.75) is 33.7 Å². The van der Waals surface area contributed by atoms with Crippen LogP contribution in [-0.4, -0.2) is 25.1 Å². The van der Waals surface area contributed by atoms with E-state index in [-0.39, 0.29) is 5.78 Å². The summed E-state index contributed by atoms with van der Waals surface area (Å²) in [7, 11) is 1.93.